The molecular weight excluding hydrogens is 212 g/mol. The number of furan rings is 1. The third kappa shape index (κ3) is 4.75. The Kier molecular flexibility index (Phi) is 6.01. The van der Waals surface area contributed by atoms with E-state index in [0.29, 0.717) is 0 Å². The van der Waals surface area contributed by atoms with Crippen LogP contribution >= 0.6 is 0 Å². The Labute approximate surface area is 104 Å². The number of hydrogen-bond donors (Lipinski definition) is 1. The lowest BCUT2D eigenvalue weighted by atomic mass is 10.2. The molecule has 0 fully saturated rings. The fraction of sp³-hybridized carbons (Fsp3) is 0.571. The van der Waals surface area contributed by atoms with Gasteiger partial charge in [-0.1, -0.05) is 13.0 Å². The Bertz CT molecular complexity index is 344. The molecule has 0 aliphatic rings. The second kappa shape index (κ2) is 7.30. The first-order valence-electron chi connectivity index (χ1n) is 6.25. The summed E-state index contributed by atoms with van der Waals surface area (Å²) in [6.45, 7) is 11.6. The van der Waals surface area contributed by atoms with Crippen LogP contribution in [0.3, 0.4) is 0 Å². The van der Waals surface area contributed by atoms with E-state index in [9.17, 15) is 0 Å². The maximum absolute atomic E-state index is 5.73. The summed E-state index contributed by atoms with van der Waals surface area (Å²) in [5.74, 6) is 2.05. The lowest BCUT2D eigenvalue weighted by Crippen LogP contribution is -2.17. The van der Waals surface area contributed by atoms with E-state index in [1.54, 1.807) is 0 Å². The first-order valence-corrected chi connectivity index (χ1v) is 6.25. The summed E-state index contributed by atoms with van der Waals surface area (Å²) >= 11 is 0. The number of likely N-dealkylation sites (N-methyl/N-ethyl adjacent to an activating group) is 1. The molecule has 0 bridgehead atoms. The van der Waals surface area contributed by atoms with E-state index < -0.39 is 0 Å². The van der Waals surface area contributed by atoms with Crippen LogP contribution in [0.4, 0.5) is 0 Å². The van der Waals surface area contributed by atoms with Crippen molar-refractivity contribution in [2.24, 2.45) is 0 Å². The van der Waals surface area contributed by atoms with Crippen molar-refractivity contribution in [3.63, 3.8) is 0 Å². The van der Waals surface area contributed by atoms with Crippen LogP contribution < -0.4 is 5.32 Å². The van der Waals surface area contributed by atoms with Crippen LogP contribution in [-0.2, 0) is 13.1 Å². The third-order valence-corrected chi connectivity index (χ3v) is 2.68. The molecule has 1 heterocycles. The van der Waals surface area contributed by atoms with Gasteiger partial charge in [-0.2, -0.15) is 0 Å². The zero-order chi connectivity index (χ0) is 12.7. The minimum atomic E-state index is 0.819. The maximum Gasteiger partial charge on any atom is 0.118 e. The van der Waals surface area contributed by atoms with Crippen LogP contribution in [0.1, 0.15) is 30.4 Å². The van der Waals surface area contributed by atoms with Gasteiger partial charge >= 0.3 is 0 Å². The Morgan fingerprint density at radius 2 is 2.29 bits per heavy atom. The topological polar surface area (TPSA) is 28.4 Å². The molecule has 3 nitrogen and oxygen atoms in total. The average Bonchev–Trinajstić information content (AvgIpc) is 2.60. The molecule has 1 N–H and O–H groups in total. The normalized spacial score (nSPS) is 11.1. The van der Waals surface area contributed by atoms with Crippen molar-refractivity contribution in [3.05, 3.63) is 35.8 Å². The van der Waals surface area contributed by atoms with Gasteiger partial charge in [0.05, 0.1) is 6.54 Å². The average molecular weight is 236 g/mol. The van der Waals surface area contributed by atoms with Crippen LogP contribution in [-0.4, -0.2) is 25.0 Å². The Balaban J connectivity index is 2.52. The molecule has 17 heavy (non-hydrogen) atoms. The molecule has 96 valence electrons. The highest BCUT2D eigenvalue weighted by Crippen LogP contribution is 2.16. The molecule has 0 unspecified atom stereocenters. The smallest absolute Gasteiger partial charge is 0.118 e. The highest BCUT2D eigenvalue weighted by Gasteiger charge is 2.08. The number of nitrogens with zero attached hydrogens (tertiary/aromatic N) is 1. The fourth-order valence-corrected chi connectivity index (χ4v) is 1.80. The monoisotopic (exact) mass is 236 g/mol. The van der Waals surface area contributed by atoms with Crippen LogP contribution in [0.25, 0.3) is 0 Å². The van der Waals surface area contributed by atoms with Crippen molar-refractivity contribution in [1.29, 1.82) is 0 Å². The van der Waals surface area contributed by atoms with Crippen molar-refractivity contribution < 1.29 is 4.42 Å². The van der Waals surface area contributed by atoms with E-state index in [2.05, 4.69) is 36.8 Å². The second-order valence-electron chi connectivity index (χ2n) is 4.46. The molecule has 0 radical (unpaired) electrons. The van der Waals surface area contributed by atoms with Gasteiger partial charge in [0.2, 0.25) is 0 Å². The molecule has 0 aromatic carbocycles. The van der Waals surface area contributed by atoms with Gasteiger partial charge in [0.25, 0.3) is 0 Å². The van der Waals surface area contributed by atoms with Crippen LogP contribution in [0.2, 0.25) is 0 Å². The van der Waals surface area contributed by atoms with E-state index >= 15 is 0 Å². The largest absolute Gasteiger partial charge is 0.465 e. The molecule has 0 atom stereocenters. The zero-order valence-corrected chi connectivity index (χ0v) is 11.3. The standard InChI is InChI=1S/C14H24N2O/c1-5-7-15-10-14-9-13(12(3)17-14)11-16(4)8-6-2/h6,9,15H,2,5,7-8,10-11H2,1,3-4H3. The van der Waals surface area contributed by atoms with Crippen molar-refractivity contribution in [2.45, 2.75) is 33.4 Å². The van der Waals surface area contributed by atoms with Gasteiger partial charge in [-0.05, 0) is 33.0 Å². The van der Waals surface area contributed by atoms with Crippen molar-refractivity contribution in [3.8, 4) is 0 Å². The van der Waals surface area contributed by atoms with E-state index in [1.807, 2.05) is 13.0 Å². The quantitative estimate of drug-likeness (QED) is 0.555. The summed E-state index contributed by atoms with van der Waals surface area (Å²) in [5.41, 5.74) is 1.27. The Morgan fingerprint density at radius 3 is 2.94 bits per heavy atom. The third-order valence-electron chi connectivity index (χ3n) is 2.68. The lowest BCUT2D eigenvalue weighted by molar-refractivity contribution is 0.359. The summed E-state index contributed by atoms with van der Waals surface area (Å²) in [4.78, 5) is 2.22. The zero-order valence-electron chi connectivity index (χ0n) is 11.3. The molecule has 0 spiro atoms. The van der Waals surface area contributed by atoms with Gasteiger partial charge in [0.15, 0.2) is 0 Å². The predicted molar refractivity (Wildman–Crippen MR) is 72.0 cm³/mol. The molecule has 0 aliphatic heterocycles. The van der Waals surface area contributed by atoms with Gasteiger partial charge < -0.3 is 9.73 Å². The minimum absolute atomic E-state index is 0.819. The molecule has 3 heteroatoms. The summed E-state index contributed by atoms with van der Waals surface area (Å²) in [6, 6.07) is 2.15. The highest BCUT2D eigenvalue weighted by molar-refractivity contribution is 5.20. The summed E-state index contributed by atoms with van der Waals surface area (Å²) < 4.78 is 5.73. The van der Waals surface area contributed by atoms with Crippen molar-refractivity contribution in [1.82, 2.24) is 10.2 Å². The van der Waals surface area contributed by atoms with Gasteiger partial charge in [-0.15, -0.1) is 6.58 Å². The van der Waals surface area contributed by atoms with E-state index in [-0.39, 0.29) is 0 Å². The number of nitrogens with one attached hydrogen (secondary N) is 1. The Morgan fingerprint density at radius 1 is 1.53 bits per heavy atom. The van der Waals surface area contributed by atoms with Crippen LogP contribution in [0, 0.1) is 6.92 Å². The number of rotatable bonds is 8. The van der Waals surface area contributed by atoms with E-state index in [4.69, 9.17) is 4.42 Å². The van der Waals surface area contributed by atoms with Gasteiger partial charge in [-0.3, -0.25) is 4.90 Å². The number of aryl methyl sites for hydroxylation is 1. The lowest BCUT2D eigenvalue weighted by Gasteiger charge is -2.12. The predicted octanol–water partition coefficient (Wildman–Crippen LogP) is 2.71. The number of hydrogen-bond acceptors (Lipinski definition) is 3. The molecule has 1 aromatic rings. The van der Waals surface area contributed by atoms with E-state index in [0.717, 1.165) is 44.1 Å². The van der Waals surface area contributed by atoms with Gasteiger partial charge in [-0.25, -0.2) is 0 Å². The van der Waals surface area contributed by atoms with Crippen molar-refractivity contribution >= 4 is 0 Å². The van der Waals surface area contributed by atoms with Gasteiger partial charge in [0, 0.05) is 18.7 Å². The molecule has 0 saturated heterocycles. The SMILES string of the molecule is C=CCN(C)Cc1cc(CNCCC)oc1C. The second-order valence-corrected chi connectivity index (χ2v) is 4.46. The van der Waals surface area contributed by atoms with Crippen LogP contribution in [0.5, 0.6) is 0 Å². The minimum Gasteiger partial charge on any atom is -0.465 e. The molecule has 0 aliphatic carbocycles. The van der Waals surface area contributed by atoms with E-state index in [1.165, 1.54) is 5.56 Å². The van der Waals surface area contributed by atoms with Crippen molar-refractivity contribution in [2.75, 3.05) is 20.1 Å². The highest BCUT2D eigenvalue weighted by atomic mass is 16.3. The Hall–Kier alpha value is -1.06. The van der Waals surface area contributed by atoms with Gasteiger partial charge in [0.1, 0.15) is 11.5 Å². The first-order chi connectivity index (χ1) is 8.17. The maximum atomic E-state index is 5.73. The molecule has 1 rings (SSSR count). The summed E-state index contributed by atoms with van der Waals surface area (Å²) in [6.07, 6.45) is 3.06. The molecule has 0 saturated carbocycles. The fourth-order valence-electron chi connectivity index (χ4n) is 1.80. The van der Waals surface area contributed by atoms with Crippen LogP contribution in [0.15, 0.2) is 23.1 Å². The summed E-state index contributed by atoms with van der Waals surface area (Å²) in [5, 5.41) is 3.35. The molecule has 1 aromatic heterocycles. The molecule has 0 amide bonds. The first kappa shape index (κ1) is 14.0. The summed E-state index contributed by atoms with van der Waals surface area (Å²) in [7, 11) is 2.09. The molecular formula is C14H24N2O.